The first-order chi connectivity index (χ1) is 16.0. The molecule has 168 valence electrons. The Bertz CT molecular complexity index is 1260. The van der Waals surface area contributed by atoms with Crippen LogP contribution in [0.25, 0.3) is 11.3 Å². The van der Waals surface area contributed by atoms with Crippen LogP contribution < -0.4 is 0 Å². The fraction of sp³-hybridized carbons (Fsp3) is 0.320. The highest BCUT2D eigenvalue weighted by atomic mass is 19.1. The molecule has 0 saturated carbocycles. The molecule has 3 aromatic rings. The summed E-state index contributed by atoms with van der Waals surface area (Å²) in [5.41, 5.74) is 4.09. The van der Waals surface area contributed by atoms with Crippen LogP contribution in [0.5, 0.6) is 0 Å². The molecule has 1 saturated heterocycles. The van der Waals surface area contributed by atoms with Crippen LogP contribution in [0.15, 0.2) is 42.5 Å². The highest BCUT2D eigenvalue weighted by Gasteiger charge is 2.33. The van der Waals surface area contributed by atoms with Crippen molar-refractivity contribution >= 4 is 5.91 Å². The van der Waals surface area contributed by atoms with Crippen LogP contribution >= 0.6 is 0 Å². The molecule has 1 amide bonds. The Morgan fingerprint density at radius 3 is 2.88 bits per heavy atom. The standard InChI is InChI=1S/C25H22F2N4O2/c26-20-5-4-18(22(27)11-20)13-31-23-6-8-30(25(32)19-7-9-33-15-19)14-21(23)24(29-31)17-3-1-2-16(10-17)12-28/h1-5,10-11,19H,6-9,13-15H2. The molecule has 1 fully saturated rings. The van der Waals surface area contributed by atoms with Gasteiger partial charge in [0.1, 0.15) is 11.6 Å². The topological polar surface area (TPSA) is 71.2 Å². The monoisotopic (exact) mass is 448 g/mol. The number of nitriles is 1. The SMILES string of the molecule is N#Cc1cccc(-c2nn(Cc3ccc(F)cc3F)c3c2CN(C(=O)C2CCOC2)CC3)c1. The van der Waals surface area contributed by atoms with Gasteiger partial charge in [-0.15, -0.1) is 0 Å². The maximum atomic E-state index is 14.4. The van der Waals surface area contributed by atoms with E-state index in [0.717, 1.165) is 29.3 Å². The Balaban J connectivity index is 1.54. The fourth-order valence-electron chi connectivity index (χ4n) is 4.58. The molecular formula is C25H22F2N4O2. The van der Waals surface area contributed by atoms with Crippen molar-refractivity contribution < 1.29 is 18.3 Å². The average molecular weight is 448 g/mol. The third-order valence-electron chi connectivity index (χ3n) is 6.32. The molecule has 2 aliphatic rings. The molecule has 0 spiro atoms. The summed E-state index contributed by atoms with van der Waals surface area (Å²) in [5, 5.41) is 14.1. The van der Waals surface area contributed by atoms with Crippen molar-refractivity contribution in [2.75, 3.05) is 19.8 Å². The van der Waals surface area contributed by atoms with Crippen LogP contribution in [-0.4, -0.2) is 40.3 Å². The van der Waals surface area contributed by atoms with Crippen molar-refractivity contribution in [3.63, 3.8) is 0 Å². The minimum atomic E-state index is -0.627. The summed E-state index contributed by atoms with van der Waals surface area (Å²) in [6, 6.07) is 12.8. The number of carbonyl (C=O) groups is 1. The predicted molar refractivity (Wildman–Crippen MR) is 116 cm³/mol. The zero-order chi connectivity index (χ0) is 22.9. The van der Waals surface area contributed by atoms with Crippen LogP contribution in [-0.2, 0) is 29.0 Å². The quantitative estimate of drug-likeness (QED) is 0.611. The number of carbonyl (C=O) groups excluding carboxylic acids is 1. The molecule has 0 bridgehead atoms. The maximum Gasteiger partial charge on any atom is 0.228 e. The number of amides is 1. The van der Waals surface area contributed by atoms with Crippen LogP contribution in [0.3, 0.4) is 0 Å². The average Bonchev–Trinajstić information content (AvgIpc) is 3.49. The van der Waals surface area contributed by atoms with Gasteiger partial charge in [0.2, 0.25) is 5.91 Å². The number of rotatable bonds is 4. The normalized spacial score (nSPS) is 17.6. The summed E-state index contributed by atoms with van der Waals surface area (Å²) in [6.45, 7) is 2.13. The Hall–Kier alpha value is -3.57. The number of ether oxygens (including phenoxy) is 1. The summed E-state index contributed by atoms with van der Waals surface area (Å²) >= 11 is 0. The third kappa shape index (κ3) is 4.12. The van der Waals surface area contributed by atoms with Gasteiger partial charge in [-0.05, 0) is 24.6 Å². The lowest BCUT2D eigenvalue weighted by atomic mass is 9.98. The van der Waals surface area contributed by atoms with E-state index in [0.29, 0.717) is 49.5 Å². The van der Waals surface area contributed by atoms with E-state index in [-0.39, 0.29) is 18.4 Å². The van der Waals surface area contributed by atoms with Gasteiger partial charge in [0.05, 0.1) is 36.4 Å². The summed E-state index contributed by atoms with van der Waals surface area (Å²) in [7, 11) is 0. The van der Waals surface area contributed by atoms with Crippen molar-refractivity contribution in [2.24, 2.45) is 5.92 Å². The number of hydrogen-bond acceptors (Lipinski definition) is 4. The second-order valence-electron chi connectivity index (χ2n) is 8.43. The number of nitrogens with zero attached hydrogens (tertiary/aromatic N) is 4. The molecule has 0 radical (unpaired) electrons. The Morgan fingerprint density at radius 1 is 1.24 bits per heavy atom. The first-order valence-electron chi connectivity index (χ1n) is 10.9. The molecule has 5 rings (SSSR count). The van der Waals surface area contributed by atoms with E-state index < -0.39 is 11.6 Å². The van der Waals surface area contributed by atoms with Crippen molar-refractivity contribution in [1.29, 1.82) is 5.26 Å². The van der Waals surface area contributed by atoms with Gasteiger partial charge in [0.25, 0.3) is 0 Å². The Morgan fingerprint density at radius 2 is 2.12 bits per heavy atom. The summed E-state index contributed by atoms with van der Waals surface area (Å²) < 4.78 is 34.9. The molecule has 33 heavy (non-hydrogen) atoms. The highest BCUT2D eigenvalue weighted by Crippen LogP contribution is 2.32. The largest absolute Gasteiger partial charge is 0.381 e. The number of halogens is 2. The zero-order valence-corrected chi connectivity index (χ0v) is 17.9. The van der Waals surface area contributed by atoms with E-state index in [2.05, 4.69) is 6.07 Å². The molecule has 8 heteroatoms. The van der Waals surface area contributed by atoms with E-state index in [1.54, 1.807) is 22.9 Å². The van der Waals surface area contributed by atoms with Crippen LogP contribution in [0.4, 0.5) is 8.78 Å². The third-order valence-corrected chi connectivity index (χ3v) is 6.32. The molecule has 1 atom stereocenters. The molecule has 0 aliphatic carbocycles. The first-order valence-corrected chi connectivity index (χ1v) is 10.9. The van der Waals surface area contributed by atoms with Gasteiger partial charge >= 0.3 is 0 Å². The number of benzene rings is 2. The summed E-state index contributed by atoms with van der Waals surface area (Å²) in [6.07, 6.45) is 1.30. The minimum Gasteiger partial charge on any atom is -0.381 e. The van der Waals surface area contributed by atoms with Crippen LogP contribution in [0, 0.1) is 28.9 Å². The summed E-state index contributed by atoms with van der Waals surface area (Å²) in [4.78, 5) is 14.9. The molecule has 0 N–H and O–H groups in total. The van der Waals surface area contributed by atoms with Gasteiger partial charge in [-0.1, -0.05) is 18.2 Å². The van der Waals surface area contributed by atoms with E-state index in [1.165, 1.54) is 12.1 Å². The van der Waals surface area contributed by atoms with Gasteiger partial charge in [-0.3, -0.25) is 9.48 Å². The van der Waals surface area contributed by atoms with Crippen molar-refractivity contribution in [3.8, 4) is 17.3 Å². The molecule has 3 heterocycles. The van der Waals surface area contributed by atoms with E-state index in [4.69, 9.17) is 9.84 Å². The van der Waals surface area contributed by atoms with E-state index in [9.17, 15) is 18.8 Å². The van der Waals surface area contributed by atoms with E-state index >= 15 is 0 Å². The molecular weight excluding hydrogens is 426 g/mol. The van der Waals surface area contributed by atoms with Crippen LogP contribution in [0.2, 0.25) is 0 Å². The van der Waals surface area contributed by atoms with Gasteiger partial charge in [0, 0.05) is 54.6 Å². The molecule has 1 aromatic heterocycles. The first kappa shape index (κ1) is 21.3. The van der Waals surface area contributed by atoms with Crippen molar-refractivity contribution in [3.05, 3.63) is 76.5 Å². The lowest BCUT2D eigenvalue weighted by Crippen LogP contribution is -2.40. The maximum absolute atomic E-state index is 14.4. The summed E-state index contributed by atoms with van der Waals surface area (Å²) in [5.74, 6) is -1.30. The molecule has 1 unspecified atom stereocenters. The number of aromatic nitrogens is 2. The Kier molecular flexibility index (Phi) is 5.65. The smallest absolute Gasteiger partial charge is 0.228 e. The Labute approximate surface area is 190 Å². The lowest BCUT2D eigenvalue weighted by Gasteiger charge is -2.30. The molecule has 2 aromatic carbocycles. The molecule has 6 nitrogen and oxygen atoms in total. The fourth-order valence-corrected chi connectivity index (χ4v) is 4.58. The zero-order valence-electron chi connectivity index (χ0n) is 17.9. The van der Waals surface area contributed by atoms with Gasteiger partial charge in [-0.2, -0.15) is 10.4 Å². The highest BCUT2D eigenvalue weighted by molar-refractivity contribution is 5.80. The van der Waals surface area contributed by atoms with Gasteiger partial charge < -0.3 is 9.64 Å². The predicted octanol–water partition coefficient (Wildman–Crippen LogP) is 3.67. The van der Waals surface area contributed by atoms with Crippen molar-refractivity contribution in [1.82, 2.24) is 14.7 Å². The minimum absolute atomic E-state index is 0.0761. The molecule has 2 aliphatic heterocycles. The second kappa shape index (κ2) is 8.75. The van der Waals surface area contributed by atoms with Gasteiger partial charge in [-0.25, -0.2) is 8.78 Å². The van der Waals surface area contributed by atoms with E-state index in [1.807, 2.05) is 11.0 Å². The number of hydrogen-bond donors (Lipinski definition) is 0. The lowest BCUT2D eigenvalue weighted by molar-refractivity contribution is -0.136. The second-order valence-corrected chi connectivity index (χ2v) is 8.43. The van der Waals surface area contributed by atoms with Gasteiger partial charge in [0.15, 0.2) is 0 Å². The number of fused-ring (bicyclic) bond motifs is 1. The van der Waals surface area contributed by atoms with Crippen LogP contribution in [0.1, 0.15) is 28.8 Å². The van der Waals surface area contributed by atoms with Crippen molar-refractivity contribution in [2.45, 2.75) is 25.9 Å².